The number of imidazole rings is 2. The molecule has 224 valence electrons. The van der Waals surface area contributed by atoms with Gasteiger partial charge in [-0.2, -0.15) is 4.98 Å². The van der Waals surface area contributed by atoms with E-state index in [9.17, 15) is 14.3 Å². The van der Waals surface area contributed by atoms with Crippen molar-refractivity contribution in [3.05, 3.63) is 29.3 Å². The van der Waals surface area contributed by atoms with Crippen LogP contribution in [0.3, 0.4) is 0 Å². The third-order valence-electron chi connectivity index (χ3n) is 6.77. The van der Waals surface area contributed by atoms with Crippen molar-refractivity contribution >= 4 is 60.9 Å². The van der Waals surface area contributed by atoms with E-state index in [0.717, 1.165) is 0 Å². The number of hydrogen-bond acceptors (Lipinski definition) is 15. The predicted octanol–water partition coefficient (Wildman–Crippen LogP) is 0.374. The van der Waals surface area contributed by atoms with Gasteiger partial charge in [0.05, 0.1) is 25.4 Å². The number of nitrogens with zero attached hydrogens (tertiary/aromatic N) is 7. The van der Waals surface area contributed by atoms with Crippen molar-refractivity contribution in [3.63, 3.8) is 0 Å². The number of ether oxygens (including phenoxy) is 2. The van der Waals surface area contributed by atoms with Crippen LogP contribution in [0.2, 0.25) is 0 Å². The Balaban J connectivity index is 1.10. The molecule has 6 heterocycles. The van der Waals surface area contributed by atoms with Crippen LogP contribution in [0.25, 0.3) is 22.3 Å². The number of aromatic amines is 1. The SMILES string of the molecule is Nc1nc2c(ncn2[C@H]2CC[C@@H](COP(O)(=S)O[C@H]3C[C@H](n4cnc5c(N)ncnc54)O[C@@H]3CO[P+](=O)O)O2)c(=O)[nH]1. The van der Waals surface area contributed by atoms with Gasteiger partial charge in [0.15, 0.2) is 22.6 Å². The van der Waals surface area contributed by atoms with Gasteiger partial charge in [0.2, 0.25) is 5.95 Å². The van der Waals surface area contributed by atoms with Gasteiger partial charge in [-0.1, -0.05) is 0 Å². The fourth-order valence-corrected chi connectivity index (χ4v) is 6.66. The lowest BCUT2D eigenvalue weighted by Gasteiger charge is -2.23. The monoisotopic (exact) mass is 643 g/mol. The van der Waals surface area contributed by atoms with E-state index in [2.05, 4.69) is 29.9 Å². The highest BCUT2D eigenvalue weighted by molar-refractivity contribution is 8.07. The van der Waals surface area contributed by atoms with E-state index in [1.807, 2.05) is 0 Å². The Labute approximate surface area is 241 Å². The highest BCUT2D eigenvalue weighted by Crippen LogP contribution is 2.50. The number of rotatable bonds is 10. The standard InChI is InChI=1S/C20H24N10O9P2S/c21-16-14-17(24-6-23-16)30(7-25-14)13-3-10(11(38-13)5-35-40(32)33)39-41(34,42)36-4-9-1-2-12(37-9)29-8-26-15-18(29)27-20(22)28-19(15)31/h6-13H,1-5H2,(H6-,21,22,23,24,27,28,31,32,33,34,42)/p+1/t9-,10-,11+,12+,13+,41?/m0/s1. The lowest BCUT2D eigenvalue weighted by atomic mass is 10.2. The van der Waals surface area contributed by atoms with E-state index >= 15 is 0 Å². The van der Waals surface area contributed by atoms with Crippen LogP contribution >= 0.6 is 15.0 Å². The average Bonchev–Trinajstić information content (AvgIpc) is 3.71. The molecule has 2 unspecified atom stereocenters. The summed E-state index contributed by atoms with van der Waals surface area (Å²) in [6.07, 6.45) is 2.03. The van der Waals surface area contributed by atoms with E-state index in [1.165, 1.54) is 19.0 Å². The Hall–Kier alpha value is -3.03. The molecular formula is C20H25N10O9P2S+. The molecule has 7 atom stereocenters. The van der Waals surface area contributed by atoms with E-state index < -0.39 is 51.3 Å². The van der Waals surface area contributed by atoms with E-state index in [0.29, 0.717) is 24.0 Å². The Morgan fingerprint density at radius 1 is 1.10 bits per heavy atom. The molecule has 0 aromatic carbocycles. The Kier molecular flexibility index (Phi) is 8.01. The van der Waals surface area contributed by atoms with Gasteiger partial charge in [0.25, 0.3) is 5.56 Å². The quantitative estimate of drug-likeness (QED) is 0.146. The van der Waals surface area contributed by atoms with Crippen LogP contribution in [0.5, 0.6) is 0 Å². The molecule has 7 N–H and O–H groups in total. The van der Waals surface area contributed by atoms with Gasteiger partial charge in [-0.15, -0.1) is 9.42 Å². The van der Waals surface area contributed by atoms with Gasteiger partial charge in [-0.25, -0.2) is 19.9 Å². The Bertz CT molecular complexity index is 1750. The number of H-pyrrole nitrogens is 1. The Morgan fingerprint density at radius 3 is 2.64 bits per heavy atom. The molecule has 4 aromatic heterocycles. The number of nitrogens with one attached hydrogen (secondary N) is 1. The van der Waals surface area contributed by atoms with Crippen molar-refractivity contribution in [3.8, 4) is 0 Å². The van der Waals surface area contributed by atoms with E-state index in [-0.39, 0.29) is 42.6 Å². The lowest BCUT2D eigenvalue weighted by Crippen LogP contribution is -2.28. The number of anilines is 2. The molecule has 0 amide bonds. The van der Waals surface area contributed by atoms with Gasteiger partial charge < -0.3 is 34.9 Å². The second-order valence-corrected chi connectivity index (χ2v) is 13.0. The molecule has 0 saturated carbocycles. The first kappa shape index (κ1) is 29.1. The molecule has 0 aliphatic carbocycles. The molecule has 19 nitrogen and oxygen atoms in total. The largest absolute Gasteiger partial charge is 0.694 e. The molecule has 2 fully saturated rings. The van der Waals surface area contributed by atoms with Crippen LogP contribution < -0.4 is 17.0 Å². The van der Waals surface area contributed by atoms with Crippen LogP contribution in [-0.2, 0) is 39.4 Å². The predicted molar refractivity (Wildman–Crippen MR) is 147 cm³/mol. The zero-order valence-corrected chi connectivity index (χ0v) is 24.1. The summed E-state index contributed by atoms with van der Waals surface area (Å²) >= 11 is 5.27. The fourth-order valence-electron chi connectivity index (χ4n) is 4.90. The zero-order chi connectivity index (χ0) is 29.6. The number of nitrogen functional groups attached to an aromatic ring is 2. The maximum absolute atomic E-state index is 12.1. The molecule has 6 rings (SSSR count). The summed E-state index contributed by atoms with van der Waals surface area (Å²) in [7, 11) is -2.91. The van der Waals surface area contributed by atoms with Crippen molar-refractivity contribution < 1.29 is 37.4 Å². The summed E-state index contributed by atoms with van der Waals surface area (Å²) < 4.78 is 42.7. The maximum atomic E-state index is 12.1. The van der Waals surface area contributed by atoms with E-state index in [1.54, 1.807) is 9.13 Å². The summed E-state index contributed by atoms with van der Waals surface area (Å²) in [5, 5.41) is 0. The molecule has 2 aliphatic rings. The van der Waals surface area contributed by atoms with Crippen LogP contribution in [0.4, 0.5) is 11.8 Å². The van der Waals surface area contributed by atoms with Crippen molar-refractivity contribution in [1.29, 1.82) is 0 Å². The maximum Gasteiger partial charge on any atom is 0.694 e. The Morgan fingerprint density at radius 2 is 1.86 bits per heavy atom. The highest BCUT2D eigenvalue weighted by Gasteiger charge is 2.43. The zero-order valence-electron chi connectivity index (χ0n) is 21.5. The van der Waals surface area contributed by atoms with Crippen molar-refractivity contribution in [2.45, 2.75) is 50.0 Å². The molecule has 4 aromatic rings. The smallest absolute Gasteiger partial charge is 0.382 e. The summed E-state index contributed by atoms with van der Waals surface area (Å²) in [5.41, 5.74) is 12.3. The van der Waals surface area contributed by atoms with Crippen molar-refractivity contribution in [2.24, 2.45) is 0 Å². The summed E-state index contributed by atoms with van der Waals surface area (Å²) in [4.78, 5) is 55.1. The number of hydrogen-bond donors (Lipinski definition) is 5. The minimum atomic E-state index is -3.85. The molecule has 2 aliphatic heterocycles. The van der Waals surface area contributed by atoms with Gasteiger partial charge in [-0.3, -0.25) is 18.9 Å². The summed E-state index contributed by atoms with van der Waals surface area (Å²) in [5.74, 6) is 0.143. The molecule has 0 spiro atoms. The van der Waals surface area contributed by atoms with Crippen LogP contribution in [0.1, 0.15) is 31.7 Å². The van der Waals surface area contributed by atoms with Crippen LogP contribution in [0.15, 0.2) is 23.8 Å². The topological polar surface area (TPSA) is 263 Å². The second-order valence-electron chi connectivity index (χ2n) is 9.45. The van der Waals surface area contributed by atoms with Gasteiger partial charge in [-0.05, 0) is 24.6 Å². The molecule has 42 heavy (non-hydrogen) atoms. The third-order valence-corrected chi connectivity index (χ3v) is 8.72. The van der Waals surface area contributed by atoms with Gasteiger partial charge in [0.1, 0.15) is 43.1 Å². The summed E-state index contributed by atoms with van der Waals surface area (Å²) in [6, 6.07) is 0. The van der Waals surface area contributed by atoms with Gasteiger partial charge >= 0.3 is 15.0 Å². The molecule has 22 heteroatoms. The van der Waals surface area contributed by atoms with Crippen molar-refractivity contribution in [1.82, 2.24) is 39.0 Å². The normalized spacial score (nSPS) is 26.2. The second kappa shape index (κ2) is 11.6. The fraction of sp³-hybridized carbons (Fsp3) is 0.500. The van der Waals surface area contributed by atoms with Gasteiger partial charge in [0, 0.05) is 11.0 Å². The summed E-state index contributed by atoms with van der Waals surface area (Å²) in [6.45, 7) is -4.26. The van der Waals surface area contributed by atoms with E-state index in [4.69, 9.17) is 51.2 Å². The molecular weight excluding hydrogens is 618 g/mol. The highest BCUT2D eigenvalue weighted by atomic mass is 32.5. The first-order valence-corrected chi connectivity index (χ1v) is 16.2. The average molecular weight is 643 g/mol. The first-order valence-electron chi connectivity index (χ1n) is 12.5. The molecule has 0 bridgehead atoms. The van der Waals surface area contributed by atoms with Crippen molar-refractivity contribution in [2.75, 3.05) is 24.7 Å². The first-order chi connectivity index (χ1) is 20.1. The van der Waals surface area contributed by atoms with Crippen LogP contribution in [-0.4, -0.2) is 80.4 Å². The third kappa shape index (κ3) is 5.91. The lowest BCUT2D eigenvalue weighted by molar-refractivity contribution is -0.0405. The minimum Gasteiger partial charge on any atom is -0.382 e. The van der Waals surface area contributed by atoms with Crippen LogP contribution in [0, 0.1) is 0 Å². The molecule has 0 radical (unpaired) electrons. The number of fused-ring (bicyclic) bond motifs is 2. The molecule has 2 saturated heterocycles. The minimum absolute atomic E-state index is 0.0448. The number of aromatic nitrogens is 8. The number of nitrogens with two attached hydrogens (primary N) is 2.